The highest BCUT2D eigenvalue weighted by Gasteiger charge is 2.22. The molecule has 5 nitrogen and oxygen atoms in total. The van der Waals surface area contributed by atoms with Gasteiger partial charge in [0.1, 0.15) is 5.75 Å². The van der Waals surface area contributed by atoms with E-state index in [2.05, 4.69) is 5.32 Å². The van der Waals surface area contributed by atoms with E-state index in [9.17, 15) is 9.59 Å². The van der Waals surface area contributed by atoms with Gasteiger partial charge in [0.05, 0.1) is 7.11 Å². The Balaban J connectivity index is 1.70. The zero-order chi connectivity index (χ0) is 16.7. The number of hydrogen-bond donors (Lipinski definition) is 1. The molecule has 0 unspecified atom stereocenters. The first kappa shape index (κ1) is 17.3. The molecule has 126 valence electrons. The van der Waals surface area contributed by atoms with Crippen LogP contribution in [0.1, 0.15) is 38.2 Å². The number of aryl methyl sites for hydroxylation is 1. The quantitative estimate of drug-likeness (QED) is 0.874. The van der Waals surface area contributed by atoms with Crippen LogP contribution in [-0.2, 0) is 16.0 Å². The van der Waals surface area contributed by atoms with Crippen molar-refractivity contribution >= 4 is 11.8 Å². The predicted molar refractivity (Wildman–Crippen MR) is 89.4 cm³/mol. The van der Waals surface area contributed by atoms with E-state index in [0.717, 1.165) is 43.7 Å². The summed E-state index contributed by atoms with van der Waals surface area (Å²) in [5, 5.41) is 3.09. The molecule has 1 N–H and O–H groups in total. The minimum Gasteiger partial charge on any atom is -0.497 e. The summed E-state index contributed by atoms with van der Waals surface area (Å²) in [6.45, 7) is 3.38. The van der Waals surface area contributed by atoms with Crippen LogP contribution in [0.2, 0.25) is 0 Å². The summed E-state index contributed by atoms with van der Waals surface area (Å²) in [6, 6.07) is 7.99. The highest BCUT2D eigenvalue weighted by molar-refractivity contribution is 5.77. The molecule has 0 atom stereocenters. The zero-order valence-corrected chi connectivity index (χ0v) is 14.0. The van der Waals surface area contributed by atoms with Gasteiger partial charge in [0.25, 0.3) is 0 Å². The average molecular weight is 318 g/mol. The fourth-order valence-electron chi connectivity index (χ4n) is 2.85. The molecule has 1 fully saturated rings. The van der Waals surface area contributed by atoms with Crippen LogP contribution in [-0.4, -0.2) is 43.0 Å². The van der Waals surface area contributed by atoms with Crippen molar-refractivity contribution in [3.8, 4) is 5.75 Å². The highest BCUT2D eigenvalue weighted by Crippen LogP contribution is 2.14. The number of rotatable bonds is 6. The van der Waals surface area contributed by atoms with Crippen LogP contribution in [0.5, 0.6) is 5.75 Å². The lowest BCUT2D eigenvalue weighted by Gasteiger charge is -2.32. The summed E-state index contributed by atoms with van der Waals surface area (Å²) in [5.41, 5.74) is 1.13. The molecule has 0 aliphatic carbocycles. The Kier molecular flexibility index (Phi) is 6.44. The molecule has 2 amide bonds. The Labute approximate surface area is 138 Å². The van der Waals surface area contributed by atoms with Crippen LogP contribution in [0.3, 0.4) is 0 Å². The van der Waals surface area contributed by atoms with Crippen LogP contribution in [0, 0.1) is 0 Å². The van der Waals surface area contributed by atoms with E-state index in [0.29, 0.717) is 12.8 Å². The first-order chi connectivity index (χ1) is 11.1. The van der Waals surface area contributed by atoms with Crippen LogP contribution in [0.25, 0.3) is 0 Å². The van der Waals surface area contributed by atoms with Crippen LogP contribution in [0.4, 0.5) is 0 Å². The van der Waals surface area contributed by atoms with E-state index in [1.165, 1.54) is 0 Å². The van der Waals surface area contributed by atoms with Gasteiger partial charge in [-0.25, -0.2) is 0 Å². The van der Waals surface area contributed by atoms with Gasteiger partial charge in [-0.15, -0.1) is 0 Å². The Morgan fingerprint density at radius 1 is 1.22 bits per heavy atom. The van der Waals surface area contributed by atoms with Gasteiger partial charge in [0, 0.05) is 32.0 Å². The number of likely N-dealkylation sites (tertiary alicyclic amines) is 1. The predicted octanol–water partition coefficient (Wildman–Crippen LogP) is 2.14. The van der Waals surface area contributed by atoms with Crippen molar-refractivity contribution in [3.05, 3.63) is 29.8 Å². The molecular weight excluding hydrogens is 292 g/mol. The van der Waals surface area contributed by atoms with E-state index >= 15 is 0 Å². The number of hydrogen-bond acceptors (Lipinski definition) is 3. The van der Waals surface area contributed by atoms with Crippen molar-refractivity contribution in [2.24, 2.45) is 0 Å². The standard InChI is InChI=1S/C18H26N2O3/c1-3-18(22)20-12-10-15(11-13-20)19-17(21)9-6-14-4-7-16(23-2)8-5-14/h4-5,7-8,15H,3,6,9-13H2,1-2H3,(H,19,21). The lowest BCUT2D eigenvalue weighted by Crippen LogP contribution is -2.46. The van der Waals surface area contributed by atoms with Gasteiger partial charge in [-0.1, -0.05) is 19.1 Å². The number of nitrogens with one attached hydrogen (secondary N) is 1. The summed E-state index contributed by atoms with van der Waals surface area (Å²) in [6.07, 6.45) is 3.46. The number of benzene rings is 1. The second-order valence-corrected chi connectivity index (χ2v) is 5.92. The van der Waals surface area contributed by atoms with Gasteiger partial charge in [-0.2, -0.15) is 0 Å². The monoisotopic (exact) mass is 318 g/mol. The third-order valence-corrected chi connectivity index (χ3v) is 4.32. The van der Waals surface area contributed by atoms with Crippen molar-refractivity contribution in [3.63, 3.8) is 0 Å². The third-order valence-electron chi connectivity index (χ3n) is 4.32. The average Bonchev–Trinajstić information content (AvgIpc) is 2.60. The number of methoxy groups -OCH3 is 1. The smallest absolute Gasteiger partial charge is 0.222 e. The molecule has 1 heterocycles. The van der Waals surface area contributed by atoms with E-state index in [1.807, 2.05) is 36.1 Å². The van der Waals surface area contributed by atoms with Gasteiger partial charge in [-0.05, 0) is 37.0 Å². The number of carbonyl (C=O) groups is 2. The summed E-state index contributed by atoms with van der Waals surface area (Å²) < 4.78 is 5.12. The molecule has 5 heteroatoms. The van der Waals surface area contributed by atoms with E-state index in [4.69, 9.17) is 4.74 Å². The maximum Gasteiger partial charge on any atom is 0.222 e. The molecule has 1 aromatic rings. The first-order valence-electron chi connectivity index (χ1n) is 8.32. The van der Waals surface area contributed by atoms with Crippen molar-refractivity contribution < 1.29 is 14.3 Å². The number of ether oxygens (including phenoxy) is 1. The summed E-state index contributed by atoms with van der Waals surface area (Å²) >= 11 is 0. The molecule has 0 radical (unpaired) electrons. The second-order valence-electron chi connectivity index (χ2n) is 5.92. The molecular formula is C18H26N2O3. The van der Waals surface area contributed by atoms with Crippen molar-refractivity contribution in [1.29, 1.82) is 0 Å². The van der Waals surface area contributed by atoms with Crippen LogP contribution >= 0.6 is 0 Å². The fourth-order valence-corrected chi connectivity index (χ4v) is 2.85. The van der Waals surface area contributed by atoms with Crippen LogP contribution < -0.4 is 10.1 Å². The fraction of sp³-hybridized carbons (Fsp3) is 0.556. The van der Waals surface area contributed by atoms with Gasteiger partial charge >= 0.3 is 0 Å². The van der Waals surface area contributed by atoms with Crippen molar-refractivity contribution in [2.75, 3.05) is 20.2 Å². The maximum absolute atomic E-state index is 12.1. The van der Waals surface area contributed by atoms with E-state index < -0.39 is 0 Å². The van der Waals surface area contributed by atoms with Crippen molar-refractivity contribution in [1.82, 2.24) is 10.2 Å². The number of carbonyl (C=O) groups excluding carboxylic acids is 2. The Hall–Kier alpha value is -2.04. The molecule has 2 rings (SSSR count). The van der Waals surface area contributed by atoms with Gasteiger partial charge in [-0.3, -0.25) is 9.59 Å². The first-order valence-corrected chi connectivity index (χ1v) is 8.32. The SMILES string of the molecule is CCC(=O)N1CCC(NC(=O)CCc2ccc(OC)cc2)CC1. The van der Waals surface area contributed by atoms with Gasteiger partial charge in [0.2, 0.25) is 11.8 Å². The lowest BCUT2D eigenvalue weighted by molar-refractivity contribution is -0.132. The van der Waals surface area contributed by atoms with E-state index in [-0.39, 0.29) is 17.9 Å². The molecule has 23 heavy (non-hydrogen) atoms. The summed E-state index contributed by atoms with van der Waals surface area (Å²) in [7, 11) is 1.64. The minimum absolute atomic E-state index is 0.0843. The number of piperidine rings is 1. The Morgan fingerprint density at radius 3 is 2.43 bits per heavy atom. The molecule has 1 saturated heterocycles. The molecule has 0 aromatic heterocycles. The zero-order valence-electron chi connectivity index (χ0n) is 14.0. The maximum atomic E-state index is 12.1. The minimum atomic E-state index is 0.0843. The van der Waals surface area contributed by atoms with Crippen molar-refractivity contribution in [2.45, 2.75) is 45.1 Å². The van der Waals surface area contributed by atoms with E-state index in [1.54, 1.807) is 7.11 Å². The number of amides is 2. The second kappa shape index (κ2) is 8.56. The Morgan fingerprint density at radius 2 is 1.87 bits per heavy atom. The largest absolute Gasteiger partial charge is 0.497 e. The van der Waals surface area contributed by atoms with Gasteiger partial charge < -0.3 is 15.0 Å². The topological polar surface area (TPSA) is 58.6 Å². The summed E-state index contributed by atoms with van der Waals surface area (Å²) in [4.78, 5) is 25.6. The third kappa shape index (κ3) is 5.27. The molecule has 1 aliphatic heterocycles. The number of nitrogens with zero attached hydrogens (tertiary/aromatic N) is 1. The molecule has 0 bridgehead atoms. The lowest BCUT2D eigenvalue weighted by atomic mass is 10.0. The molecule has 0 spiro atoms. The molecule has 0 saturated carbocycles. The highest BCUT2D eigenvalue weighted by atomic mass is 16.5. The van der Waals surface area contributed by atoms with Gasteiger partial charge in [0.15, 0.2) is 0 Å². The Bertz CT molecular complexity index is 520. The normalized spacial score (nSPS) is 15.3. The molecule has 1 aromatic carbocycles. The molecule has 1 aliphatic rings. The summed E-state index contributed by atoms with van der Waals surface area (Å²) in [5.74, 6) is 1.11. The van der Waals surface area contributed by atoms with Crippen LogP contribution in [0.15, 0.2) is 24.3 Å².